The van der Waals surface area contributed by atoms with Gasteiger partial charge in [-0.2, -0.15) is 0 Å². The van der Waals surface area contributed by atoms with Crippen LogP contribution in [0.15, 0.2) is 0 Å². The Morgan fingerprint density at radius 3 is 2.33 bits per heavy atom. The first kappa shape index (κ1) is 19.2. The minimum absolute atomic E-state index is 0.0143. The molecule has 2 rings (SSSR count). The molecular weight excluding hydrogens is 332 g/mol. The smallest absolute Gasteiger partial charge is 0.329 e. The molecule has 0 radical (unpaired) electrons. The number of carboxylic acids is 1. The quantitative estimate of drug-likeness (QED) is 0.720. The van der Waals surface area contributed by atoms with Crippen LogP contribution >= 0.6 is 0 Å². The van der Waals surface area contributed by atoms with E-state index in [0.717, 1.165) is 25.7 Å². The van der Waals surface area contributed by atoms with Crippen molar-refractivity contribution in [2.24, 2.45) is 5.92 Å². The van der Waals surface area contributed by atoms with Gasteiger partial charge >= 0.3 is 5.97 Å². The van der Waals surface area contributed by atoms with Gasteiger partial charge in [-0.25, -0.2) is 17.5 Å². The zero-order chi connectivity index (χ0) is 17.8. The average molecular weight is 360 g/mol. The Kier molecular flexibility index (Phi) is 6.25. The highest BCUT2D eigenvalue weighted by Crippen LogP contribution is 2.29. The molecule has 1 saturated carbocycles. The molecule has 1 heterocycles. The molecule has 0 aromatic carbocycles. The van der Waals surface area contributed by atoms with E-state index in [1.54, 1.807) is 6.92 Å². The number of sulfonamides is 1. The van der Waals surface area contributed by atoms with E-state index in [0.29, 0.717) is 32.2 Å². The number of carboxylic acid groups (broad SMARTS) is 1. The molecule has 1 amide bonds. The molecule has 24 heavy (non-hydrogen) atoms. The van der Waals surface area contributed by atoms with Crippen LogP contribution in [-0.4, -0.2) is 54.1 Å². The molecule has 8 heteroatoms. The summed E-state index contributed by atoms with van der Waals surface area (Å²) in [5.74, 6) is -1.76. The predicted molar refractivity (Wildman–Crippen MR) is 90.0 cm³/mol. The van der Waals surface area contributed by atoms with E-state index in [1.807, 2.05) is 0 Å². The normalized spacial score (nSPS) is 25.6. The lowest BCUT2D eigenvalue weighted by atomic mass is 9.88. The molecule has 2 N–H and O–H groups in total. The summed E-state index contributed by atoms with van der Waals surface area (Å²) in [6.07, 6.45) is 5.64. The van der Waals surface area contributed by atoms with Crippen molar-refractivity contribution >= 4 is 21.9 Å². The Morgan fingerprint density at radius 1 is 1.17 bits per heavy atom. The third kappa shape index (κ3) is 4.27. The molecule has 1 aliphatic heterocycles. The van der Waals surface area contributed by atoms with Gasteiger partial charge in [0, 0.05) is 13.1 Å². The van der Waals surface area contributed by atoms with E-state index >= 15 is 0 Å². The standard InChI is InChI=1S/C16H28N2O5S/c1-2-24(22,23)18-11-7-8-13(12-18)14(19)17-16(15(20)21)9-5-3-4-6-10-16/h13H,2-12H2,1H3,(H,17,19)(H,20,21). The molecule has 1 saturated heterocycles. The fourth-order valence-corrected chi connectivity index (χ4v) is 4.83. The lowest BCUT2D eigenvalue weighted by molar-refractivity contribution is -0.149. The van der Waals surface area contributed by atoms with Crippen LogP contribution in [0.25, 0.3) is 0 Å². The van der Waals surface area contributed by atoms with Crippen molar-refractivity contribution in [3.05, 3.63) is 0 Å². The molecule has 1 atom stereocenters. The summed E-state index contributed by atoms with van der Waals surface area (Å²) in [5.41, 5.74) is -1.19. The van der Waals surface area contributed by atoms with Gasteiger partial charge in [0.25, 0.3) is 0 Å². The minimum atomic E-state index is -3.32. The van der Waals surface area contributed by atoms with Crippen LogP contribution in [-0.2, 0) is 19.6 Å². The van der Waals surface area contributed by atoms with Crippen molar-refractivity contribution in [2.75, 3.05) is 18.8 Å². The maximum Gasteiger partial charge on any atom is 0.329 e. The lowest BCUT2D eigenvalue weighted by Gasteiger charge is -2.35. The summed E-state index contributed by atoms with van der Waals surface area (Å²) in [6.45, 7) is 2.17. The summed E-state index contributed by atoms with van der Waals surface area (Å²) < 4.78 is 25.4. The fourth-order valence-electron chi connectivity index (χ4n) is 3.65. The molecule has 0 spiro atoms. The topological polar surface area (TPSA) is 104 Å². The van der Waals surface area contributed by atoms with Gasteiger partial charge in [0.1, 0.15) is 5.54 Å². The van der Waals surface area contributed by atoms with Crippen molar-refractivity contribution < 1.29 is 23.1 Å². The summed E-state index contributed by atoms with van der Waals surface area (Å²) in [4.78, 5) is 24.4. The van der Waals surface area contributed by atoms with Crippen molar-refractivity contribution in [2.45, 2.75) is 63.8 Å². The van der Waals surface area contributed by atoms with E-state index in [4.69, 9.17) is 0 Å². The molecular formula is C16H28N2O5S. The van der Waals surface area contributed by atoms with Crippen LogP contribution in [0, 0.1) is 5.92 Å². The molecule has 0 aromatic heterocycles. The molecule has 7 nitrogen and oxygen atoms in total. The Bertz CT molecular complexity index is 567. The Labute approximate surface area is 143 Å². The predicted octanol–water partition coefficient (Wildman–Crippen LogP) is 1.34. The highest BCUT2D eigenvalue weighted by molar-refractivity contribution is 7.89. The van der Waals surface area contributed by atoms with Gasteiger partial charge in [-0.3, -0.25) is 4.79 Å². The van der Waals surface area contributed by atoms with Crippen LogP contribution in [0.5, 0.6) is 0 Å². The van der Waals surface area contributed by atoms with Crippen LogP contribution in [0.4, 0.5) is 0 Å². The van der Waals surface area contributed by atoms with Crippen molar-refractivity contribution in [3.63, 3.8) is 0 Å². The minimum Gasteiger partial charge on any atom is -0.480 e. The van der Waals surface area contributed by atoms with Gasteiger partial charge in [0.2, 0.25) is 15.9 Å². The molecule has 2 aliphatic rings. The molecule has 2 fully saturated rings. The summed E-state index contributed by atoms with van der Waals surface area (Å²) in [5, 5.41) is 12.4. The summed E-state index contributed by atoms with van der Waals surface area (Å²) in [7, 11) is -3.32. The van der Waals surface area contributed by atoms with E-state index < -0.39 is 27.4 Å². The molecule has 1 aliphatic carbocycles. The van der Waals surface area contributed by atoms with Gasteiger partial charge in [0.15, 0.2) is 0 Å². The van der Waals surface area contributed by atoms with Crippen molar-refractivity contribution in [1.82, 2.24) is 9.62 Å². The van der Waals surface area contributed by atoms with Crippen LogP contribution in [0.3, 0.4) is 0 Å². The van der Waals surface area contributed by atoms with E-state index in [1.165, 1.54) is 4.31 Å². The highest BCUT2D eigenvalue weighted by atomic mass is 32.2. The largest absolute Gasteiger partial charge is 0.480 e. The lowest BCUT2D eigenvalue weighted by Crippen LogP contribution is -2.57. The summed E-state index contributed by atoms with van der Waals surface area (Å²) in [6, 6.07) is 0. The number of rotatable bonds is 5. The number of nitrogens with one attached hydrogen (secondary N) is 1. The van der Waals surface area contributed by atoms with Crippen molar-refractivity contribution in [3.8, 4) is 0 Å². The number of aliphatic carboxylic acids is 1. The van der Waals surface area contributed by atoms with Gasteiger partial charge in [-0.15, -0.1) is 0 Å². The number of hydrogen-bond acceptors (Lipinski definition) is 4. The van der Waals surface area contributed by atoms with Gasteiger partial charge in [0.05, 0.1) is 11.7 Å². The maximum atomic E-state index is 12.7. The van der Waals surface area contributed by atoms with Gasteiger partial charge < -0.3 is 10.4 Å². The first-order valence-electron chi connectivity index (χ1n) is 8.84. The van der Waals surface area contributed by atoms with Gasteiger partial charge in [-0.05, 0) is 32.6 Å². The number of hydrogen-bond donors (Lipinski definition) is 2. The number of amides is 1. The third-order valence-electron chi connectivity index (χ3n) is 5.24. The molecule has 138 valence electrons. The zero-order valence-electron chi connectivity index (χ0n) is 14.3. The second-order valence-corrected chi connectivity index (χ2v) is 9.15. The molecule has 0 bridgehead atoms. The SMILES string of the molecule is CCS(=O)(=O)N1CCCC(C(=O)NC2(C(=O)O)CCCCCC2)C1. The number of nitrogens with zero attached hydrogens (tertiary/aromatic N) is 1. The average Bonchev–Trinajstić information content (AvgIpc) is 2.81. The van der Waals surface area contributed by atoms with Gasteiger partial charge in [-0.1, -0.05) is 25.7 Å². The van der Waals surface area contributed by atoms with E-state index in [-0.39, 0.29) is 18.2 Å². The van der Waals surface area contributed by atoms with Crippen LogP contribution in [0.2, 0.25) is 0 Å². The van der Waals surface area contributed by atoms with E-state index in [2.05, 4.69) is 5.32 Å². The highest BCUT2D eigenvalue weighted by Gasteiger charge is 2.42. The number of carbonyl (C=O) groups is 2. The van der Waals surface area contributed by atoms with Crippen molar-refractivity contribution in [1.29, 1.82) is 0 Å². The second-order valence-electron chi connectivity index (χ2n) is 6.89. The first-order chi connectivity index (χ1) is 11.3. The Balaban J connectivity index is 2.08. The first-order valence-corrected chi connectivity index (χ1v) is 10.4. The third-order valence-corrected chi connectivity index (χ3v) is 7.09. The number of carbonyl (C=O) groups excluding carboxylic acids is 1. The molecule has 1 unspecified atom stereocenters. The van der Waals surface area contributed by atoms with Crippen LogP contribution in [0.1, 0.15) is 58.3 Å². The molecule has 0 aromatic rings. The van der Waals surface area contributed by atoms with Crippen LogP contribution < -0.4 is 5.32 Å². The summed E-state index contributed by atoms with van der Waals surface area (Å²) >= 11 is 0. The monoisotopic (exact) mass is 360 g/mol. The van der Waals surface area contributed by atoms with E-state index in [9.17, 15) is 23.1 Å². The zero-order valence-corrected chi connectivity index (χ0v) is 15.1. The maximum absolute atomic E-state index is 12.7. The Hall–Kier alpha value is -1.15. The Morgan fingerprint density at radius 2 is 1.79 bits per heavy atom. The second kappa shape index (κ2) is 7.82. The fraction of sp³-hybridized carbons (Fsp3) is 0.875. The number of piperidine rings is 1.